The minimum absolute atomic E-state index is 0.235. The third kappa shape index (κ3) is 1.47. The molecule has 0 aliphatic carbocycles. The van der Waals surface area contributed by atoms with Gasteiger partial charge in [0.25, 0.3) is 0 Å². The van der Waals surface area contributed by atoms with E-state index < -0.39 is 0 Å². The highest BCUT2D eigenvalue weighted by molar-refractivity contribution is 9.10. The van der Waals surface area contributed by atoms with Gasteiger partial charge in [-0.05, 0) is 12.1 Å². The molecule has 0 spiro atoms. The second-order valence-electron chi connectivity index (χ2n) is 3.04. The lowest BCUT2D eigenvalue weighted by Crippen LogP contribution is -2.21. The Kier molecular flexibility index (Phi) is 2.62. The Labute approximate surface area is 90.3 Å². The molecule has 76 valence electrons. The van der Waals surface area contributed by atoms with Crippen molar-refractivity contribution >= 4 is 15.9 Å². The fourth-order valence-corrected chi connectivity index (χ4v) is 2.04. The molecule has 1 aliphatic rings. The van der Waals surface area contributed by atoms with Crippen LogP contribution in [0.3, 0.4) is 0 Å². The second-order valence-corrected chi connectivity index (χ2v) is 3.89. The summed E-state index contributed by atoms with van der Waals surface area (Å²) in [5.41, 5.74) is 12.3. The summed E-state index contributed by atoms with van der Waals surface area (Å²) >= 11 is 3.42. The fraction of sp³-hybridized carbons (Fsp3) is 0.333. The SMILES string of the molecule is NCC(N)c1c(Br)ccc2c1OCO2. The predicted octanol–water partition coefficient (Wildman–Crippen LogP) is 1.14. The smallest absolute Gasteiger partial charge is 0.231 e. The van der Waals surface area contributed by atoms with Crippen molar-refractivity contribution in [2.24, 2.45) is 11.5 Å². The number of halogens is 1. The summed E-state index contributed by atoms with van der Waals surface area (Å²) < 4.78 is 11.5. The molecule has 0 amide bonds. The molecule has 0 fully saturated rings. The Morgan fingerprint density at radius 1 is 1.43 bits per heavy atom. The van der Waals surface area contributed by atoms with Crippen molar-refractivity contribution in [2.75, 3.05) is 13.3 Å². The molecule has 0 aromatic heterocycles. The standard InChI is InChI=1S/C9H11BrN2O2/c10-5-1-2-7-9(14-4-13-7)8(5)6(12)3-11/h1-2,6H,3-4,11-12H2. The molecule has 0 saturated heterocycles. The molecule has 0 radical (unpaired) electrons. The lowest BCUT2D eigenvalue weighted by Gasteiger charge is -2.13. The summed E-state index contributed by atoms with van der Waals surface area (Å²) in [5.74, 6) is 1.43. The second kappa shape index (κ2) is 3.76. The van der Waals surface area contributed by atoms with E-state index in [1.165, 1.54) is 0 Å². The zero-order valence-corrected chi connectivity index (χ0v) is 9.08. The van der Waals surface area contributed by atoms with Crippen LogP contribution in [0.1, 0.15) is 11.6 Å². The molecule has 1 atom stereocenters. The van der Waals surface area contributed by atoms with Gasteiger partial charge in [0.1, 0.15) is 0 Å². The Morgan fingerprint density at radius 2 is 2.21 bits per heavy atom. The molecule has 1 aromatic rings. The number of hydrogen-bond acceptors (Lipinski definition) is 4. The van der Waals surface area contributed by atoms with Gasteiger partial charge in [-0.2, -0.15) is 0 Å². The van der Waals surface area contributed by atoms with Gasteiger partial charge in [0.05, 0.1) is 0 Å². The summed E-state index contributed by atoms with van der Waals surface area (Å²) in [6.07, 6.45) is 0. The van der Waals surface area contributed by atoms with Crippen LogP contribution in [0, 0.1) is 0 Å². The van der Waals surface area contributed by atoms with Crippen LogP contribution in [0.2, 0.25) is 0 Å². The van der Waals surface area contributed by atoms with E-state index in [1.54, 1.807) is 0 Å². The van der Waals surface area contributed by atoms with Crippen LogP contribution in [0.5, 0.6) is 11.5 Å². The molecular weight excluding hydrogens is 248 g/mol. The lowest BCUT2D eigenvalue weighted by atomic mass is 10.1. The van der Waals surface area contributed by atoms with Crippen LogP contribution in [-0.2, 0) is 0 Å². The molecule has 1 heterocycles. The van der Waals surface area contributed by atoms with Gasteiger partial charge in [0, 0.05) is 22.6 Å². The van der Waals surface area contributed by atoms with Gasteiger partial charge >= 0.3 is 0 Å². The molecule has 1 aliphatic heterocycles. The van der Waals surface area contributed by atoms with E-state index in [4.69, 9.17) is 20.9 Å². The van der Waals surface area contributed by atoms with Crippen molar-refractivity contribution in [3.05, 3.63) is 22.2 Å². The lowest BCUT2D eigenvalue weighted by molar-refractivity contribution is 0.173. The molecule has 0 saturated carbocycles. The van der Waals surface area contributed by atoms with E-state index in [9.17, 15) is 0 Å². The molecule has 1 unspecified atom stereocenters. The normalized spacial score (nSPS) is 15.6. The van der Waals surface area contributed by atoms with Gasteiger partial charge in [-0.1, -0.05) is 15.9 Å². The molecule has 4 N–H and O–H groups in total. The Morgan fingerprint density at radius 3 is 2.93 bits per heavy atom. The van der Waals surface area contributed by atoms with Crippen LogP contribution < -0.4 is 20.9 Å². The third-order valence-electron chi connectivity index (χ3n) is 2.15. The molecular formula is C9H11BrN2O2. The largest absolute Gasteiger partial charge is 0.454 e. The Balaban J connectivity index is 2.51. The summed E-state index contributed by atoms with van der Waals surface area (Å²) in [5, 5.41) is 0. The maximum Gasteiger partial charge on any atom is 0.231 e. The topological polar surface area (TPSA) is 70.5 Å². The van der Waals surface area contributed by atoms with Crippen LogP contribution in [0.25, 0.3) is 0 Å². The molecule has 5 heteroatoms. The number of rotatable bonds is 2. The summed E-state index contributed by atoms with van der Waals surface area (Å²) in [7, 11) is 0. The average Bonchev–Trinajstić information content (AvgIpc) is 2.64. The van der Waals surface area contributed by atoms with Crippen molar-refractivity contribution in [3.8, 4) is 11.5 Å². The van der Waals surface area contributed by atoms with Gasteiger partial charge in [-0.15, -0.1) is 0 Å². The van der Waals surface area contributed by atoms with Crippen LogP contribution in [0.15, 0.2) is 16.6 Å². The van der Waals surface area contributed by atoms with Crippen LogP contribution in [0.4, 0.5) is 0 Å². The molecule has 1 aromatic carbocycles. The van der Waals surface area contributed by atoms with Gasteiger partial charge in [0.2, 0.25) is 6.79 Å². The van der Waals surface area contributed by atoms with E-state index in [2.05, 4.69) is 15.9 Å². The first-order valence-corrected chi connectivity index (χ1v) is 5.07. The summed E-state index contributed by atoms with van der Waals surface area (Å²) in [4.78, 5) is 0. The first kappa shape index (κ1) is 9.76. The van der Waals surface area contributed by atoms with Crippen molar-refractivity contribution < 1.29 is 9.47 Å². The van der Waals surface area contributed by atoms with Crippen molar-refractivity contribution in [3.63, 3.8) is 0 Å². The first-order valence-electron chi connectivity index (χ1n) is 4.27. The molecule has 14 heavy (non-hydrogen) atoms. The number of ether oxygens (including phenoxy) is 2. The monoisotopic (exact) mass is 258 g/mol. The predicted molar refractivity (Wildman–Crippen MR) is 56.2 cm³/mol. The van der Waals surface area contributed by atoms with Gasteiger partial charge < -0.3 is 20.9 Å². The van der Waals surface area contributed by atoms with Gasteiger partial charge in [-0.25, -0.2) is 0 Å². The highest BCUT2D eigenvalue weighted by atomic mass is 79.9. The quantitative estimate of drug-likeness (QED) is 0.835. The van der Waals surface area contributed by atoms with Gasteiger partial charge in [0.15, 0.2) is 11.5 Å². The van der Waals surface area contributed by atoms with E-state index in [-0.39, 0.29) is 12.8 Å². The van der Waals surface area contributed by atoms with Crippen molar-refractivity contribution in [1.82, 2.24) is 0 Å². The highest BCUT2D eigenvalue weighted by Crippen LogP contribution is 2.41. The average molecular weight is 259 g/mol. The molecule has 2 rings (SSSR count). The fourth-order valence-electron chi connectivity index (χ4n) is 1.43. The van der Waals surface area contributed by atoms with Gasteiger partial charge in [-0.3, -0.25) is 0 Å². The van der Waals surface area contributed by atoms with Crippen LogP contribution >= 0.6 is 15.9 Å². The first-order chi connectivity index (χ1) is 6.74. The number of fused-ring (bicyclic) bond motifs is 1. The molecule has 0 bridgehead atoms. The van der Waals surface area contributed by atoms with E-state index in [1.807, 2.05) is 12.1 Å². The minimum Gasteiger partial charge on any atom is -0.454 e. The highest BCUT2D eigenvalue weighted by Gasteiger charge is 2.23. The van der Waals surface area contributed by atoms with Crippen molar-refractivity contribution in [2.45, 2.75) is 6.04 Å². The van der Waals surface area contributed by atoms with E-state index in [0.29, 0.717) is 12.3 Å². The van der Waals surface area contributed by atoms with Crippen molar-refractivity contribution in [1.29, 1.82) is 0 Å². The summed E-state index contributed by atoms with van der Waals surface area (Å²) in [6, 6.07) is 3.50. The van der Waals surface area contributed by atoms with E-state index in [0.717, 1.165) is 15.8 Å². The maximum atomic E-state index is 5.88. The summed E-state index contributed by atoms with van der Waals surface area (Å²) in [6.45, 7) is 0.620. The number of hydrogen-bond donors (Lipinski definition) is 2. The van der Waals surface area contributed by atoms with Crippen LogP contribution in [-0.4, -0.2) is 13.3 Å². The minimum atomic E-state index is -0.235. The number of nitrogens with two attached hydrogens (primary N) is 2. The zero-order valence-electron chi connectivity index (χ0n) is 7.50. The Bertz CT molecular complexity index is 357. The Hall–Kier alpha value is -0.780. The maximum absolute atomic E-state index is 5.88. The van der Waals surface area contributed by atoms with E-state index >= 15 is 0 Å². The number of benzene rings is 1. The zero-order chi connectivity index (χ0) is 10.1. The third-order valence-corrected chi connectivity index (χ3v) is 2.84. The molecule has 4 nitrogen and oxygen atoms in total.